The van der Waals surface area contributed by atoms with Crippen LogP contribution in [0.15, 0.2) is 59.5 Å². The molecule has 2 rings (SSSR count). The van der Waals surface area contributed by atoms with Gasteiger partial charge in [-0.1, -0.05) is 42.5 Å². The van der Waals surface area contributed by atoms with E-state index in [-0.39, 0.29) is 35.8 Å². The van der Waals surface area contributed by atoms with E-state index in [9.17, 15) is 13.2 Å². The van der Waals surface area contributed by atoms with Gasteiger partial charge in [-0.25, -0.2) is 8.42 Å². The molecule has 0 aliphatic carbocycles. The highest BCUT2D eigenvalue weighted by atomic mass is 35.5. The summed E-state index contributed by atoms with van der Waals surface area (Å²) in [5, 5.41) is 2.94. The molecule has 3 N–H and O–H groups in total. The van der Waals surface area contributed by atoms with Gasteiger partial charge in [-0.15, -0.1) is 12.4 Å². The SMILES string of the molecule is CC(NC(=O)C(CN)c1ccccc1)c1ccc(S(C)(=O)=O)cc1.Cl. The molecule has 0 saturated carbocycles. The minimum atomic E-state index is -3.23. The van der Waals surface area contributed by atoms with Crippen LogP contribution < -0.4 is 11.1 Å². The molecule has 0 radical (unpaired) electrons. The fourth-order valence-corrected chi connectivity index (χ4v) is 3.11. The zero-order valence-corrected chi connectivity index (χ0v) is 15.8. The number of halogens is 1. The van der Waals surface area contributed by atoms with Gasteiger partial charge in [0.05, 0.1) is 16.9 Å². The number of benzene rings is 2. The van der Waals surface area contributed by atoms with Crippen LogP contribution in [0.3, 0.4) is 0 Å². The third-order valence-electron chi connectivity index (χ3n) is 3.92. The highest BCUT2D eigenvalue weighted by Gasteiger charge is 2.21. The summed E-state index contributed by atoms with van der Waals surface area (Å²) in [5.41, 5.74) is 7.47. The van der Waals surface area contributed by atoms with Crippen molar-refractivity contribution in [3.63, 3.8) is 0 Å². The first kappa shape index (κ1) is 21.2. The normalized spacial score (nSPS) is 13.4. The first-order valence-electron chi connectivity index (χ1n) is 7.68. The maximum Gasteiger partial charge on any atom is 0.229 e. The number of nitrogens with two attached hydrogens (primary N) is 1. The number of amides is 1. The Hall–Kier alpha value is -1.89. The van der Waals surface area contributed by atoms with Crippen LogP contribution in [0, 0.1) is 0 Å². The van der Waals surface area contributed by atoms with Crippen LogP contribution in [0.5, 0.6) is 0 Å². The molecule has 0 aliphatic rings. The Morgan fingerprint density at radius 1 is 1.04 bits per heavy atom. The van der Waals surface area contributed by atoms with E-state index in [0.717, 1.165) is 11.1 Å². The van der Waals surface area contributed by atoms with Crippen molar-refractivity contribution in [2.45, 2.75) is 23.8 Å². The summed E-state index contributed by atoms with van der Waals surface area (Å²) in [6.45, 7) is 2.07. The molecule has 2 aromatic rings. The molecule has 0 bridgehead atoms. The van der Waals surface area contributed by atoms with Gasteiger partial charge in [0, 0.05) is 12.8 Å². The summed E-state index contributed by atoms with van der Waals surface area (Å²) in [6.07, 6.45) is 1.17. The largest absolute Gasteiger partial charge is 0.349 e. The molecule has 0 spiro atoms. The third kappa shape index (κ3) is 5.56. The van der Waals surface area contributed by atoms with Gasteiger partial charge in [-0.3, -0.25) is 4.79 Å². The number of nitrogens with one attached hydrogen (secondary N) is 1. The van der Waals surface area contributed by atoms with Gasteiger partial charge in [-0.2, -0.15) is 0 Å². The molecule has 0 aromatic heterocycles. The fraction of sp³-hybridized carbons (Fsp3) is 0.278. The summed E-state index contributed by atoms with van der Waals surface area (Å²) in [6, 6.07) is 15.7. The number of hydrogen-bond acceptors (Lipinski definition) is 4. The number of sulfone groups is 1. The maximum atomic E-state index is 12.5. The molecule has 5 nitrogen and oxygen atoms in total. The average Bonchev–Trinajstić information content (AvgIpc) is 2.56. The lowest BCUT2D eigenvalue weighted by atomic mass is 9.97. The van der Waals surface area contributed by atoms with Crippen LogP contribution in [-0.2, 0) is 14.6 Å². The minimum Gasteiger partial charge on any atom is -0.349 e. The van der Waals surface area contributed by atoms with E-state index in [1.54, 1.807) is 24.3 Å². The van der Waals surface area contributed by atoms with Crippen molar-refractivity contribution in [2.75, 3.05) is 12.8 Å². The fourth-order valence-electron chi connectivity index (χ4n) is 2.48. The molecular weight excluding hydrogens is 360 g/mol. The summed E-state index contributed by atoms with van der Waals surface area (Å²) in [4.78, 5) is 12.8. The standard InChI is InChI=1S/C18H22N2O3S.ClH/c1-13(14-8-10-16(11-9-14)24(2,22)23)20-18(21)17(12-19)15-6-4-3-5-7-15;/h3-11,13,17H,12,19H2,1-2H3,(H,20,21);1H. The van der Waals surface area contributed by atoms with E-state index in [1.165, 1.54) is 6.26 Å². The summed E-state index contributed by atoms with van der Waals surface area (Å²) >= 11 is 0. The van der Waals surface area contributed by atoms with Crippen molar-refractivity contribution in [3.05, 3.63) is 65.7 Å². The van der Waals surface area contributed by atoms with Gasteiger partial charge in [0.15, 0.2) is 9.84 Å². The van der Waals surface area contributed by atoms with Crippen molar-refractivity contribution in [3.8, 4) is 0 Å². The first-order chi connectivity index (χ1) is 11.3. The van der Waals surface area contributed by atoms with Gasteiger partial charge in [-0.05, 0) is 30.2 Å². The van der Waals surface area contributed by atoms with Gasteiger partial charge >= 0.3 is 0 Å². The van der Waals surface area contributed by atoms with Gasteiger partial charge in [0.25, 0.3) is 0 Å². The molecular formula is C18H23ClN2O3S. The summed E-state index contributed by atoms with van der Waals surface area (Å²) in [7, 11) is -3.23. The van der Waals surface area contributed by atoms with Crippen LogP contribution in [0.25, 0.3) is 0 Å². The number of carbonyl (C=O) groups is 1. The zero-order chi connectivity index (χ0) is 17.7. The van der Waals surface area contributed by atoms with Crippen LogP contribution in [-0.4, -0.2) is 27.1 Å². The van der Waals surface area contributed by atoms with Crippen LogP contribution in [0.1, 0.15) is 30.0 Å². The van der Waals surface area contributed by atoms with Crippen LogP contribution in [0.2, 0.25) is 0 Å². The lowest BCUT2D eigenvalue weighted by Crippen LogP contribution is -2.35. The van der Waals surface area contributed by atoms with E-state index >= 15 is 0 Å². The molecule has 136 valence electrons. The predicted octanol–water partition coefficient (Wildman–Crippen LogP) is 2.43. The Balaban J connectivity index is 0.00000312. The smallest absolute Gasteiger partial charge is 0.229 e. The second-order valence-corrected chi connectivity index (χ2v) is 7.79. The third-order valence-corrected chi connectivity index (χ3v) is 5.05. The molecule has 2 atom stereocenters. The van der Waals surface area contributed by atoms with Crippen molar-refractivity contribution < 1.29 is 13.2 Å². The average molecular weight is 383 g/mol. The first-order valence-corrected chi connectivity index (χ1v) is 9.57. The second kappa shape index (κ2) is 8.99. The van der Waals surface area contributed by atoms with E-state index in [1.807, 2.05) is 37.3 Å². The lowest BCUT2D eigenvalue weighted by Gasteiger charge is -2.20. The Morgan fingerprint density at radius 3 is 2.08 bits per heavy atom. The van der Waals surface area contributed by atoms with E-state index < -0.39 is 15.8 Å². The topological polar surface area (TPSA) is 89.3 Å². The number of rotatable bonds is 6. The quantitative estimate of drug-likeness (QED) is 0.802. The van der Waals surface area contributed by atoms with Crippen LogP contribution >= 0.6 is 12.4 Å². The molecule has 7 heteroatoms. The number of carbonyl (C=O) groups excluding carboxylic acids is 1. The van der Waals surface area contributed by atoms with Crippen molar-refractivity contribution in [1.82, 2.24) is 5.32 Å². The highest BCUT2D eigenvalue weighted by molar-refractivity contribution is 7.90. The Kier molecular flexibility index (Phi) is 7.60. The lowest BCUT2D eigenvalue weighted by molar-refractivity contribution is -0.123. The molecule has 2 unspecified atom stereocenters. The maximum absolute atomic E-state index is 12.5. The number of hydrogen-bond donors (Lipinski definition) is 2. The molecule has 0 saturated heterocycles. The molecule has 0 aliphatic heterocycles. The molecule has 1 amide bonds. The van der Waals surface area contributed by atoms with Crippen LogP contribution in [0.4, 0.5) is 0 Å². The molecule has 25 heavy (non-hydrogen) atoms. The van der Waals surface area contributed by atoms with Gasteiger partial charge in [0.1, 0.15) is 0 Å². The molecule has 0 heterocycles. The monoisotopic (exact) mass is 382 g/mol. The van der Waals surface area contributed by atoms with Gasteiger partial charge < -0.3 is 11.1 Å². The van der Waals surface area contributed by atoms with Crippen molar-refractivity contribution in [1.29, 1.82) is 0 Å². The van der Waals surface area contributed by atoms with E-state index in [4.69, 9.17) is 5.73 Å². The van der Waals surface area contributed by atoms with Gasteiger partial charge in [0.2, 0.25) is 5.91 Å². The Bertz CT molecular complexity index is 793. The van der Waals surface area contributed by atoms with E-state index in [0.29, 0.717) is 0 Å². The minimum absolute atomic E-state index is 0. The van der Waals surface area contributed by atoms with E-state index in [2.05, 4.69) is 5.32 Å². The molecule has 0 fully saturated rings. The highest BCUT2D eigenvalue weighted by Crippen LogP contribution is 2.19. The molecule has 2 aromatic carbocycles. The summed E-state index contributed by atoms with van der Waals surface area (Å²) in [5.74, 6) is -0.563. The van der Waals surface area contributed by atoms with Crippen molar-refractivity contribution >= 4 is 28.2 Å². The predicted molar refractivity (Wildman–Crippen MR) is 102 cm³/mol. The van der Waals surface area contributed by atoms with Crippen molar-refractivity contribution in [2.24, 2.45) is 5.73 Å². The zero-order valence-electron chi connectivity index (χ0n) is 14.2. The Morgan fingerprint density at radius 2 is 1.60 bits per heavy atom. The second-order valence-electron chi connectivity index (χ2n) is 5.77. The Labute approximate surface area is 155 Å². The summed E-state index contributed by atoms with van der Waals surface area (Å²) < 4.78 is 23.0.